The Morgan fingerprint density at radius 2 is 2.06 bits per heavy atom. The molecule has 0 aliphatic carbocycles. The lowest BCUT2D eigenvalue weighted by atomic mass is 10.1. The first kappa shape index (κ1) is 14.4. The van der Waals surface area contributed by atoms with E-state index in [4.69, 9.17) is 9.84 Å². The van der Waals surface area contributed by atoms with Gasteiger partial charge in [-0.1, -0.05) is 6.92 Å². The number of nitrogens with one attached hydrogen (secondary N) is 1. The van der Waals surface area contributed by atoms with Gasteiger partial charge in [0.1, 0.15) is 0 Å². The number of amides is 1. The average molecular weight is 244 g/mol. The zero-order valence-corrected chi connectivity index (χ0v) is 10.8. The number of ether oxygens (including phenoxy) is 1. The fourth-order valence-electron chi connectivity index (χ4n) is 1.74. The fourth-order valence-corrected chi connectivity index (χ4v) is 1.74. The van der Waals surface area contributed by atoms with Gasteiger partial charge in [-0.05, 0) is 12.8 Å². The molecule has 1 rings (SSSR count). The van der Waals surface area contributed by atoms with Crippen LogP contribution in [-0.4, -0.2) is 61.4 Å². The second-order valence-electron chi connectivity index (χ2n) is 4.79. The van der Waals surface area contributed by atoms with E-state index in [1.807, 2.05) is 18.7 Å². The molecule has 0 aromatic heterocycles. The van der Waals surface area contributed by atoms with Crippen LogP contribution in [0.15, 0.2) is 0 Å². The number of morpholine rings is 1. The maximum absolute atomic E-state index is 11.9. The van der Waals surface area contributed by atoms with Crippen molar-refractivity contribution in [3.8, 4) is 0 Å². The van der Waals surface area contributed by atoms with E-state index in [0.29, 0.717) is 32.7 Å². The van der Waals surface area contributed by atoms with Crippen LogP contribution in [-0.2, 0) is 9.53 Å². The van der Waals surface area contributed by atoms with Crippen molar-refractivity contribution < 1.29 is 14.6 Å². The lowest BCUT2D eigenvalue weighted by molar-refractivity contribution is -0.135. The Bertz CT molecular complexity index is 230. The standard InChI is InChI=1S/C12H24N2O3/c1-10(9-15)8-13-11(2)7-12(16)14-3-5-17-6-4-14/h10-11,13,15H,3-9H2,1-2H3. The van der Waals surface area contributed by atoms with Crippen molar-refractivity contribution in [1.82, 2.24) is 10.2 Å². The highest BCUT2D eigenvalue weighted by molar-refractivity contribution is 5.76. The normalized spacial score (nSPS) is 20.1. The van der Waals surface area contributed by atoms with Crippen molar-refractivity contribution in [1.29, 1.82) is 0 Å². The topological polar surface area (TPSA) is 61.8 Å². The molecule has 1 heterocycles. The number of rotatable bonds is 6. The maximum Gasteiger partial charge on any atom is 0.224 e. The molecule has 2 N–H and O–H groups in total. The predicted octanol–water partition coefficient (Wildman–Crippen LogP) is -0.158. The Hall–Kier alpha value is -0.650. The minimum Gasteiger partial charge on any atom is -0.396 e. The molecule has 100 valence electrons. The molecule has 0 spiro atoms. The van der Waals surface area contributed by atoms with Gasteiger partial charge in [0, 0.05) is 38.7 Å². The first-order valence-corrected chi connectivity index (χ1v) is 6.33. The van der Waals surface area contributed by atoms with Crippen LogP contribution in [0.25, 0.3) is 0 Å². The highest BCUT2D eigenvalue weighted by Crippen LogP contribution is 2.03. The largest absolute Gasteiger partial charge is 0.396 e. The van der Waals surface area contributed by atoms with Crippen molar-refractivity contribution in [2.45, 2.75) is 26.3 Å². The Balaban J connectivity index is 2.20. The molecule has 1 saturated heterocycles. The fraction of sp³-hybridized carbons (Fsp3) is 0.917. The molecule has 0 radical (unpaired) electrons. The van der Waals surface area contributed by atoms with Crippen LogP contribution in [0, 0.1) is 5.92 Å². The van der Waals surface area contributed by atoms with E-state index in [1.165, 1.54) is 0 Å². The van der Waals surface area contributed by atoms with Crippen LogP contribution in [0.1, 0.15) is 20.3 Å². The Labute approximate surface area is 103 Å². The summed E-state index contributed by atoms with van der Waals surface area (Å²) in [5.74, 6) is 0.417. The van der Waals surface area contributed by atoms with Gasteiger partial charge in [0.2, 0.25) is 5.91 Å². The number of aliphatic hydroxyl groups excluding tert-OH is 1. The number of hydrogen-bond acceptors (Lipinski definition) is 4. The number of carbonyl (C=O) groups excluding carboxylic acids is 1. The SMILES string of the molecule is CC(CO)CNC(C)CC(=O)N1CCOCC1. The molecule has 17 heavy (non-hydrogen) atoms. The van der Waals surface area contributed by atoms with Crippen LogP contribution in [0.5, 0.6) is 0 Å². The molecule has 0 bridgehead atoms. The third-order valence-electron chi connectivity index (χ3n) is 2.97. The molecular formula is C12H24N2O3. The van der Waals surface area contributed by atoms with Crippen molar-refractivity contribution >= 4 is 5.91 Å². The van der Waals surface area contributed by atoms with Gasteiger partial charge in [-0.2, -0.15) is 0 Å². The van der Waals surface area contributed by atoms with Gasteiger partial charge >= 0.3 is 0 Å². The summed E-state index contributed by atoms with van der Waals surface area (Å²) >= 11 is 0. The van der Waals surface area contributed by atoms with E-state index in [1.54, 1.807) is 0 Å². The van der Waals surface area contributed by atoms with E-state index < -0.39 is 0 Å². The lowest BCUT2D eigenvalue weighted by Gasteiger charge is -2.28. The molecule has 2 unspecified atom stereocenters. The lowest BCUT2D eigenvalue weighted by Crippen LogP contribution is -2.43. The third-order valence-corrected chi connectivity index (χ3v) is 2.97. The summed E-state index contributed by atoms with van der Waals surface area (Å²) in [6.07, 6.45) is 0.512. The summed E-state index contributed by atoms with van der Waals surface area (Å²) in [7, 11) is 0. The van der Waals surface area contributed by atoms with E-state index in [-0.39, 0.29) is 24.5 Å². The van der Waals surface area contributed by atoms with E-state index in [0.717, 1.165) is 6.54 Å². The van der Waals surface area contributed by atoms with E-state index >= 15 is 0 Å². The molecule has 2 atom stereocenters. The first-order chi connectivity index (χ1) is 8.13. The Morgan fingerprint density at radius 1 is 1.41 bits per heavy atom. The number of carbonyl (C=O) groups is 1. The minimum atomic E-state index is 0.152. The van der Waals surface area contributed by atoms with Crippen LogP contribution in [0.4, 0.5) is 0 Å². The monoisotopic (exact) mass is 244 g/mol. The molecule has 1 aliphatic heterocycles. The van der Waals surface area contributed by atoms with Gasteiger partial charge in [-0.25, -0.2) is 0 Å². The zero-order valence-electron chi connectivity index (χ0n) is 10.8. The van der Waals surface area contributed by atoms with Crippen LogP contribution < -0.4 is 5.32 Å². The van der Waals surface area contributed by atoms with E-state index in [2.05, 4.69) is 5.32 Å². The van der Waals surface area contributed by atoms with Gasteiger partial charge in [0.15, 0.2) is 0 Å². The minimum absolute atomic E-state index is 0.152. The highest BCUT2D eigenvalue weighted by atomic mass is 16.5. The van der Waals surface area contributed by atoms with Crippen molar-refractivity contribution in [3.63, 3.8) is 0 Å². The van der Waals surface area contributed by atoms with E-state index in [9.17, 15) is 4.79 Å². The zero-order chi connectivity index (χ0) is 12.7. The third kappa shape index (κ3) is 5.48. The molecule has 1 fully saturated rings. The molecule has 1 aliphatic rings. The summed E-state index contributed by atoms with van der Waals surface area (Å²) < 4.78 is 5.21. The quantitative estimate of drug-likeness (QED) is 0.682. The molecule has 1 amide bonds. The van der Waals surface area contributed by atoms with Crippen LogP contribution in [0.3, 0.4) is 0 Å². The average Bonchev–Trinajstić information content (AvgIpc) is 2.36. The maximum atomic E-state index is 11.9. The van der Waals surface area contributed by atoms with Crippen molar-refractivity contribution in [2.75, 3.05) is 39.5 Å². The Morgan fingerprint density at radius 3 is 2.65 bits per heavy atom. The number of nitrogens with zero attached hydrogens (tertiary/aromatic N) is 1. The molecule has 0 saturated carbocycles. The van der Waals surface area contributed by atoms with Gasteiger partial charge in [0.05, 0.1) is 13.2 Å². The second kappa shape index (κ2) is 7.63. The van der Waals surface area contributed by atoms with Crippen molar-refractivity contribution in [2.24, 2.45) is 5.92 Å². The molecule has 0 aromatic carbocycles. The summed E-state index contributed by atoms with van der Waals surface area (Å²) in [5, 5.41) is 12.2. The summed E-state index contributed by atoms with van der Waals surface area (Å²) in [5.41, 5.74) is 0. The second-order valence-corrected chi connectivity index (χ2v) is 4.79. The first-order valence-electron chi connectivity index (χ1n) is 6.33. The van der Waals surface area contributed by atoms with Crippen molar-refractivity contribution in [3.05, 3.63) is 0 Å². The summed E-state index contributed by atoms with van der Waals surface area (Å²) in [4.78, 5) is 13.8. The summed E-state index contributed by atoms with van der Waals surface area (Å²) in [6, 6.07) is 0.152. The smallest absolute Gasteiger partial charge is 0.224 e. The van der Waals surface area contributed by atoms with Crippen LogP contribution in [0.2, 0.25) is 0 Å². The molecule has 5 nitrogen and oxygen atoms in total. The molecule has 0 aromatic rings. The highest BCUT2D eigenvalue weighted by Gasteiger charge is 2.18. The Kier molecular flexibility index (Phi) is 6.47. The molecule has 5 heteroatoms. The van der Waals surface area contributed by atoms with Gasteiger partial charge in [0.25, 0.3) is 0 Å². The molecular weight excluding hydrogens is 220 g/mol. The number of aliphatic hydroxyl groups is 1. The van der Waals surface area contributed by atoms with Gasteiger partial charge in [-0.3, -0.25) is 4.79 Å². The van der Waals surface area contributed by atoms with Gasteiger partial charge in [-0.15, -0.1) is 0 Å². The van der Waals surface area contributed by atoms with Gasteiger partial charge < -0.3 is 20.1 Å². The predicted molar refractivity (Wildman–Crippen MR) is 65.7 cm³/mol. The number of hydrogen-bond donors (Lipinski definition) is 2. The summed E-state index contributed by atoms with van der Waals surface area (Å²) in [6.45, 7) is 7.61. The van der Waals surface area contributed by atoms with Crippen LogP contribution >= 0.6 is 0 Å².